The Kier molecular flexibility index (Phi) is 5.24. The lowest BCUT2D eigenvalue weighted by Gasteiger charge is -2.25. The third-order valence-corrected chi connectivity index (χ3v) is 5.87. The van der Waals surface area contributed by atoms with Gasteiger partial charge >= 0.3 is 0 Å². The van der Waals surface area contributed by atoms with E-state index in [1.165, 1.54) is 11.1 Å². The van der Waals surface area contributed by atoms with Crippen molar-refractivity contribution in [2.75, 3.05) is 27.2 Å². The van der Waals surface area contributed by atoms with E-state index in [1.54, 1.807) is 0 Å². The summed E-state index contributed by atoms with van der Waals surface area (Å²) in [6.45, 7) is 5.27. The molecule has 2 heterocycles. The van der Waals surface area contributed by atoms with E-state index in [4.69, 9.17) is 4.52 Å². The molecule has 2 aromatic carbocycles. The van der Waals surface area contributed by atoms with Gasteiger partial charge in [0.1, 0.15) is 17.0 Å². The maximum atomic E-state index is 13.5. The summed E-state index contributed by atoms with van der Waals surface area (Å²) < 4.78 is 5.42. The van der Waals surface area contributed by atoms with Crippen LogP contribution in [-0.2, 0) is 0 Å². The van der Waals surface area contributed by atoms with Crippen LogP contribution >= 0.6 is 0 Å². The van der Waals surface area contributed by atoms with Crippen LogP contribution < -0.4 is 0 Å². The van der Waals surface area contributed by atoms with Gasteiger partial charge in [0.05, 0.1) is 0 Å². The predicted octanol–water partition coefficient (Wildman–Crippen LogP) is 4.13. The van der Waals surface area contributed by atoms with E-state index in [2.05, 4.69) is 55.3 Å². The number of likely N-dealkylation sites (tertiary alicyclic amines) is 1. The lowest BCUT2D eigenvalue weighted by Crippen LogP contribution is -2.36. The second kappa shape index (κ2) is 7.84. The van der Waals surface area contributed by atoms with E-state index in [-0.39, 0.29) is 17.9 Å². The summed E-state index contributed by atoms with van der Waals surface area (Å²) in [7, 11) is 4.17. The number of carbonyl (C=O) groups excluding carboxylic acids is 1. The molecule has 0 aliphatic carbocycles. The van der Waals surface area contributed by atoms with Crippen LogP contribution in [-0.4, -0.2) is 54.1 Å². The van der Waals surface area contributed by atoms with Gasteiger partial charge in [-0.1, -0.05) is 65.3 Å². The number of nitrogens with zero attached hydrogens (tertiary/aromatic N) is 3. The first-order chi connectivity index (χ1) is 14.0. The van der Waals surface area contributed by atoms with Crippen molar-refractivity contribution in [3.05, 3.63) is 77.0 Å². The quantitative estimate of drug-likeness (QED) is 0.673. The van der Waals surface area contributed by atoms with Crippen molar-refractivity contribution in [3.8, 4) is 11.3 Å². The Morgan fingerprint density at radius 3 is 2.38 bits per heavy atom. The molecule has 0 bridgehead atoms. The largest absolute Gasteiger partial charge is 0.360 e. The number of benzene rings is 2. The molecule has 1 saturated heterocycles. The first kappa shape index (κ1) is 19.4. The SMILES string of the molecule is Cc1ccc([C@@H]2CN(C(=O)c3c(-c4ccccc4)noc3C)C[C@H]2N(C)C)cc1. The molecular formula is C24H27N3O2. The molecule has 1 aromatic heterocycles. The zero-order valence-electron chi connectivity index (χ0n) is 17.4. The number of hydrogen-bond donors (Lipinski definition) is 0. The summed E-state index contributed by atoms with van der Waals surface area (Å²) in [5, 5.41) is 4.19. The van der Waals surface area contributed by atoms with E-state index in [0.717, 1.165) is 5.56 Å². The maximum absolute atomic E-state index is 13.5. The summed E-state index contributed by atoms with van der Waals surface area (Å²) >= 11 is 0. The van der Waals surface area contributed by atoms with Gasteiger partial charge in [0, 0.05) is 30.6 Å². The molecule has 4 rings (SSSR count). The Bertz CT molecular complexity index is 993. The van der Waals surface area contributed by atoms with Crippen LogP contribution in [0.15, 0.2) is 59.1 Å². The van der Waals surface area contributed by atoms with Gasteiger partial charge in [0.15, 0.2) is 0 Å². The van der Waals surface area contributed by atoms with Crippen molar-refractivity contribution in [2.24, 2.45) is 0 Å². The summed E-state index contributed by atoms with van der Waals surface area (Å²) in [6, 6.07) is 18.7. The zero-order valence-corrected chi connectivity index (χ0v) is 17.4. The molecular weight excluding hydrogens is 362 g/mol. The molecule has 150 valence electrons. The van der Waals surface area contributed by atoms with Crippen LogP contribution in [0.2, 0.25) is 0 Å². The zero-order chi connectivity index (χ0) is 20.5. The molecule has 1 amide bonds. The van der Waals surface area contributed by atoms with Gasteiger partial charge in [-0.3, -0.25) is 4.79 Å². The summed E-state index contributed by atoms with van der Waals surface area (Å²) in [6.07, 6.45) is 0. The monoisotopic (exact) mass is 389 g/mol. The predicted molar refractivity (Wildman–Crippen MR) is 114 cm³/mol. The van der Waals surface area contributed by atoms with E-state index < -0.39 is 0 Å². The Hall–Kier alpha value is -2.92. The molecule has 5 heteroatoms. The highest BCUT2D eigenvalue weighted by Gasteiger charge is 2.39. The minimum absolute atomic E-state index is 0.0101. The Balaban J connectivity index is 1.65. The fourth-order valence-electron chi connectivity index (χ4n) is 4.19. The van der Waals surface area contributed by atoms with Gasteiger partial charge < -0.3 is 14.3 Å². The molecule has 0 N–H and O–H groups in total. The van der Waals surface area contributed by atoms with Crippen LogP contribution in [0, 0.1) is 13.8 Å². The maximum Gasteiger partial charge on any atom is 0.259 e. The molecule has 5 nitrogen and oxygen atoms in total. The van der Waals surface area contributed by atoms with Crippen molar-refractivity contribution in [1.82, 2.24) is 15.0 Å². The normalized spacial score (nSPS) is 19.1. The van der Waals surface area contributed by atoms with E-state index >= 15 is 0 Å². The minimum atomic E-state index is -0.0101. The van der Waals surface area contributed by atoms with Crippen LogP contribution in [0.25, 0.3) is 11.3 Å². The molecule has 2 atom stereocenters. The van der Waals surface area contributed by atoms with Crippen LogP contribution in [0.3, 0.4) is 0 Å². The summed E-state index contributed by atoms with van der Waals surface area (Å²) in [5.74, 6) is 0.827. The fraction of sp³-hybridized carbons (Fsp3) is 0.333. The number of likely N-dealkylation sites (N-methyl/N-ethyl adjacent to an activating group) is 1. The van der Waals surface area contributed by atoms with Crippen LogP contribution in [0.5, 0.6) is 0 Å². The molecule has 0 unspecified atom stereocenters. The third-order valence-electron chi connectivity index (χ3n) is 5.87. The fourth-order valence-corrected chi connectivity index (χ4v) is 4.19. The topological polar surface area (TPSA) is 49.6 Å². The smallest absolute Gasteiger partial charge is 0.259 e. The molecule has 1 fully saturated rings. The van der Waals surface area contributed by atoms with Crippen molar-refractivity contribution in [3.63, 3.8) is 0 Å². The van der Waals surface area contributed by atoms with Gasteiger partial charge in [-0.15, -0.1) is 0 Å². The first-order valence-corrected chi connectivity index (χ1v) is 9.99. The average Bonchev–Trinajstić information content (AvgIpc) is 3.33. The molecule has 1 aliphatic heterocycles. The standard InChI is InChI=1S/C24H27N3O2/c1-16-10-12-18(13-11-16)20-14-27(15-21(20)26(3)4)24(28)22-17(2)29-25-23(22)19-8-6-5-7-9-19/h5-13,20-21H,14-15H2,1-4H3/t20-,21+/m0/s1. The van der Waals surface area contributed by atoms with Gasteiger partial charge in [0.25, 0.3) is 5.91 Å². The number of aromatic nitrogens is 1. The lowest BCUT2D eigenvalue weighted by atomic mass is 9.93. The number of carbonyl (C=O) groups is 1. The molecule has 0 saturated carbocycles. The Labute approximate surface area is 171 Å². The highest BCUT2D eigenvalue weighted by Crippen LogP contribution is 2.33. The number of aryl methyl sites for hydroxylation is 2. The highest BCUT2D eigenvalue weighted by atomic mass is 16.5. The van der Waals surface area contributed by atoms with Gasteiger partial charge in [-0.25, -0.2) is 0 Å². The van der Waals surface area contributed by atoms with E-state index in [9.17, 15) is 4.79 Å². The second-order valence-electron chi connectivity index (χ2n) is 8.09. The highest BCUT2D eigenvalue weighted by molar-refractivity contribution is 6.01. The van der Waals surface area contributed by atoms with Crippen LogP contribution in [0.4, 0.5) is 0 Å². The molecule has 0 spiro atoms. The van der Waals surface area contributed by atoms with E-state index in [0.29, 0.717) is 30.1 Å². The van der Waals surface area contributed by atoms with E-state index in [1.807, 2.05) is 42.2 Å². The molecule has 0 radical (unpaired) electrons. The van der Waals surface area contributed by atoms with Crippen molar-refractivity contribution in [1.29, 1.82) is 0 Å². The van der Waals surface area contributed by atoms with Gasteiger partial charge in [-0.05, 0) is 33.5 Å². The Morgan fingerprint density at radius 1 is 1.03 bits per heavy atom. The molecule has 29 heavy (non-hydrogen) atoms. The second-order valence-corrected chi connectivity index (χ2v) is 8.09. The Morgan fingerprint density at radius 2 is 1.72 bits per heavy atom. The van der Waals surface area contributed by atoms with Crippen LogP contribution in [0.1, 0.15) is 33.2 Å². The third kappa shape index (κ3) is 3.70. The summed E-state index contributed by atoms with van der Waals surface area (Å²) in [5.41, 5.74) is 4.60. The van der Waals surface area contributed by atoms with Gasteiger partial charge in [0.2, 0.25) is 0 Å². The average molecular weight is 389 g/mol. The number of amides is 1. The molecule has 3 aromatic rings. The van der Waals surface area contributed by atoms with Gasteiger partial charge in [-0.2, -0.15) is 0 Å². The lowest BCUT2D eigenvalue weighted by molar-refractivity contribution is 0.0781. The van der Waals surface area contributed by atoms with Crippen molar-refractivity contribution >= 4 is 5.91 Å². The minimum Gasteiger partial charge on any atom is -0.360 e. The summed E-state index contributed by atoms with van der Waals surface area (Å²) in [4.78, 5) is 17.7. The van der Waals surface area contributed by atoms with Crippen molar-refractivity contribution in [2.45, 2.75) is 25.8 Å². The van der Waals surface area contributed by atoms with Crippen molar-refractivity contribution < 1.29 is 9.32 Å². The molecule has 1 aliphatic rings. The number of hydrogen-bond acceptors (Lipinski definition) is 4. The first-order valence-electron chi connectivity index (χ1n) is 9.99. The number of rotatable bonds is 4.